The number of fused-ring (bicyclic) bond motifs is 1. The molecule has 118 valence electrons. The number of carbonyl (C=O) groups is 2. The second kappa shape index (κ2) is 6.24. The van der Waals surface area contributed by atoms with Crippen molar-refractivity contribution in [3.63, 3.8) is 0 Å². The Balaban J connectivity index is 1.79. The number of anilines is 1. The molecule has 0 bridgehead atoms. The van der Waals surface area contributed by atoms with E-state index in [1.54, 1.807) is 18.2 Å². The molecule has 0 spiro atoms. The van der Waals surface area contributed by atoms with Gasteiger partial charge in [-0.3, -0.25) is 9.59 Å². The van der Waals surface area contributed by atoms with E-state index in [0.717, 1.165) is 29.5 Å². The van der Waals surface area contributed by atoms with Crippen molar-refractivity contribution in [1.82, 2.24) is 0 Å². The van der Waals surface area contributed by atoms with Crippen LogP contribution in [0.4, 0.5) is 5.69 Å². The molecule has 23 heavy (non-hydrogen) atoms. The summed E-state index contributed by atoms with van der Waals surface area (Å²) in [6.45, 7) is 1.78. The molecule has 0 atom stereocenters. The van der Waals surface area contributed by atoms with Crippen LogP contribution in [0.3, 0.4) is 0 Å². The smallest absolute Gasteiger partial charge is 0.163 e. The summed E-state index contributed by atoms with van der Waals surface area (Å²) in [7, 11) is 0. The molecule has 0 saturated heterocycles. The van der Waals surface area contributed by atoms with Crippen LogP contribution < -0.4 is 10.5 Å². The van der Waals surface area contributed by atoms with Crippen molar-refractivity contribution in [2.24, 2.45) is 0 Å². The van der Waals surface area contributed by atoms with Crippen LogP contribution >= 0.6 is 0 Å². The molecule has 2 aromatic carbocycles. The average Bonchev–Trinajstić information content (AvgIpc) is 2.54. The first-order valence-electron chi connectivity index (χ1n) is 7.73. The molecular formula is C19H19NO3. The summed E-state index contributed by atoms with van der Waals surface area (Å²) in [4.78, 5) is 23.4. The number of hydrogen-bond donors (Lipinski definition) is 1. The molecule has 0 aliphatic heterocycles. The van der Waals surface area contributed by atoms with Crippen molar-refractivity contribution in [1.29, 1.82) is 0 Å². The number of Topliss-reactive ketones (excluding diaryl/α,β-unsaturated/α-hetero) is 2. The molecule has 1 aliphatic carbocycles. The van der Waals surface area contributed by atoms with Crippen LogP contribution in [-0.4, -0.2) is 11.6 Å². The molecule has 0 aromatic heterocycles. The van der Waals surface area contributed by atoms with Gasteiger partial charge in [0.05, 0.1) is 0 Å². The minimum atomic E-state index is -0.00868. The second-order valence-electron chi connectivity index (χ2n) is 5.85. The zero-order valence-electron chi connectivity index (χ0n) is 13.1. The van der Waals surface area contributed by atoms with Gasteiger partial charge in [0, 0.05) is 28.8 Å². The number of nitrogens with two attached hydrogens (primary N) is 1. The molecule has 2 aromatic rings. The van der Waals surface area contributed by atoms with Gasteiger partial charge in [-0.05, 0) is 55.7 Å². The Labute approximate surface area is 135 Å². The van der Waals surface area contributed by atoms with E-state index in [2.05, 4.69) is 0 Å². The number of ketones is 2. The molecule has 4 heteroatoms. The lowest BCUT2D eigenvalue weighted by Crippen LogP contribution is -2.11. The van der Waals surface area contributed by atoms with Crippen LogP contribution in [0.1, 0.15) is 51.6 Å². The highest BCUT2D eigenvalue weighted by molar-refractivity contribution is 5.98. The van der Waals surface area contributed by atoms with Gasteiger partial charge in [0.2, 0.25) is 0 Å². The molecule has 0 saturated carbocycles. The molecule has 0 radical (unpaired) electrons. The van der Waals surface area contributed by atoms with E-state index in [1.165, 1.54) is 6.92 Å². The summed E-state index contributed by atoms with van der Waals surface area (Å²) in [6, 6.07) is 10.8. The minimum absolute atomic E-state index is 0.00868. The maximum Gasteiger partial charge on any atom is 0.163 e. The molecule has 1 aliphatic rings. The quantitative estimate of drug-likeness (QED) is 0.692. The van der Waals surface area contributed by atoms with Crippen molar-refractivity contribution in [3.05, 3.63) is 58.7 Å². The maximum absolute atomic E-state index is 12.0. The zero-order chi connectivity index (χ0) is 16.4. The number of nitrogen functional groups attached to an aromatic ring is 1. The Bertz CT molecular complexity index is 780. The van der Waals surface area contributed by atoms with Gasteiger partial charge in [-0.15, -0.1) is 0 Å². The first kappa shape index (κ1) is 15.3. The maximum atomic E-state index is 12.0. The molecule has 0 amide bonds. The summed E-state index contributed by atoms with van der Waals surface area (Å²) < 4.78 is 5.78. The third kappa shape index (κ3) is 3.26. The number of rotatable bonds is 4. The van der Waals surface area contributed by atoms with E-state index < -0.39 is 0 Å². The Morgan fingerprint density at radius 3 is 2.78 bits per heavy atom. The first-order valence-corrected chi connectivity index (χ1v) is 7.73. The molecule has 4 nitrogen and oxygen atoms in total. The zero-order valence-corrected chi connectivity index (χ0v) is 13.1. The van der Waals surface area contributed by atoms with Crippen molar-refractivity contribution >= 4 is 17.3 Å². The third-order valence-corrected chi connectivity index (χ3v) is 4.18. The summed E-state index contributed by atoms with van der Waals surface area (Å²) in [5.74, 6) is 0.812. The predicted octanol–water partition coefficient (Wildman–Crippen LogP) is 3.57. The van der Waals surface area contributed by atoms with Crippen molar-refractivity contribution < 1.29 is 14.3 Å². The van der Waals surface area contributed by atoms with Crippen LogP contribution in [0.15, 0.2) is 36.4 Å². The lowest BCUT2D eigenvalue weighted by molar-refractivity contribution is 0.0970. The van der Waals surface area contributed by atoms with Crippen LogP contribution in [0, 0.1) is 0 Å². The van der Waals surface area contributed by atoms with Gasteiger partial charge in [-0.2, -0.15) is 0 Å². The molecule has 2 N–H and O–H groups in total. The molecular weight excluding hydrogens is 290 g/mol. The van der Waals surface area contributed by atoms with E-state index in [9.17, 15) is 9.59 Å². The lowest BCUT2D eigenvalue weighted by Gasteiger charge is -2.16. The van der Waals surface area contributed by atoms with Gasteiger partial charge in [0.15, 0.2) is 11.6 Å². The fraction of sp³-hybridized carbons (Fsp3) is 0.263. The van der Waals surface area contributed by atoms with Crippen LogP contribution in [-0.2, 0) is 13.0 Å². The highest BCUT2D eigenvalue weighted by Gasteiger charge is 2.17. The number of hydrogen-bond acceptors (Lipinski definition) is 4. The van der Waals surface area contributed by atoms with Crippen molar-refractivity contribution in [2.45, 2.75) is 32.8 Å². The number of carbonyl (C=O) groups excluding carboxylic acids is 2. The molecule has 0 heterocycles. The summed E-state index contributed by atoms with van der Waals surface area (Å²) in [6.07, 6.45) is 2.46. The van der Waals surface area contributed by atoms with Gasteiger partial charge in [0.25, 0.3) is 0 Å². The Hall–Kier alpha value is -2.62. The van der Waals surface area contributed by atoms with Gasteiger partial charge >= 0.3 is 0 Å². The Kier molecular flexibility index (Phi) is 4.15. The molecule has 0 unspecified atom stereocenters. The fourth-order valence-corrected chi connectivity index (χ4v) is 2.81. The Morgan fingerprint density at radius 2 is 2.00 bits per heavy atom. The number of benzene rings is 2. The van der Waals surface area contributed by atoms with Crippen LogP contribution in [0.5, 0.6) is 5.75 Å². The van der Waals surface area contributed by atoms with Gasteiger partial charge in [-0.1, -0.05) is 6.07 Å². The monoisotopic (exact) mass is 309 g/mol. The summed E-state index contributed by atoms with van der Waals surface area (Å²) in [5.41, 5.74) is 9.76. The summed E-state index contributed by atoms with van der Waals surface area (Å²) in [5, 5.41) is 0. The first-order chi connectivity index (χ1) is 11.0. The van der Waals surface area contributed by atoms with Crippen LogP contribution in [0.2, 0.25) is 0 Å². The van der Waals surface area contributed by atoms with Crippen molar-refractivity contribution in [2.75, 3.05) is 5.73 Å². The van der Waals surface area contributed by atoms with Gasteiger partial charge in [-0.25, -0.2) is 0 Å². The predicted molar refractivity (Wildman–Crippen MR) is 88.9 cm³/mol. The lowest BCUT2D eigenvalue weighted by atomic mass is 9.90. The topological polar surface area (TPSA) is 69.4 Å². The Morgan fingerprint density at radius 1 is 1.17 bits per heavy atom. The van der Waals surface area contributed by atoms with E-state index in [-0.39, 0.29) is 18.2 Å². The average molecular weight is 309 g/mol. The number of aryl methyl sites for hydroxylation is 1. The normalized spacial score (nSPS) is 13.5. The minimum Gasteiger partial charge on any atom is -0.489 e. The fourth-order valence-electron chi connectivity index (χ4n) is 2.81. The van der Waals surface area contributed by atoms with E-state index >= 15 is 0 Å². The molecule has 0 fully saturated rings. The van der Waals surface area contributed by atoms with Crippen molar-refractivity contribution in [3.8, 4) is 5.75 Å². The number of ether oxygens (including phenoxy) is 1. The van der Waals surface area contributed by atoms with E-state index in [4.69, 9.17) is 10.5 Å². The second-order valence-corrected chi connectivity index (χ2v) is 5.85. The van der Waals surface area contributed by atoms with Gasteiger partial charge in [0.1, 0.15) is 12.4 Å². The van der Waals surface area contributed by atoms with Crippen LogP contribution in [0.25, 0.3) is 0 Å². The van der Waals surface area contributed by atoms with Gasteiger partial charge < -0.3 is 10.5 Å². The highest BCUT2D eigenvalue weighted by Crippen LogP contribution is 2.26. The highest BCUT2D eigenvalue weighted by atomic mass is 16.5. The van der Waals surface area contributed by atoms with E-state index in [1.807, 2.05) is 18.2 Å². The summed E-state index contributed by atoms with van der Waals surface area (Å²) >= 11 is 0. The SMILES string of the molecule is CC(=O)c1ccc(N)c(COc2ccc3c(c2)C(=O)CCC3)c1. The third-order valence-electron chi connectivity index (χ3n) is 4.18. The standard InChI is InChI=1S/C19H19NO3/c1-12(21)14-6-8-18(20)15(9-14)11-23-16-7-5-13-3-2-4-19(22)17(13)10-16/h5-10H,2-4,11,20H2,1H3. The molecule has 3 rings (SSSR count). The largest absolute Gasteiger partial charge is 0.489 e. The van der Waals surface area contributed by atoms with E-state index in [0.29, 0.717) is 23.4 Å².